The number of carboxylic acids is 1. The Morgan fingerprint density at radius 3 is 2.87 bits per heavy atom. The minimum absolute atomic E-state index is 0.148. The Kier molecular flexibility index (Phi) is 4.02. The van der Waals surface area contributed by atoms with Gasteiger partial charge < -0.3 is 19.5 Å². The van der Waals surface area contributed by atoms with Crippen LogP contribution in [0, 0.1) is 18.3 Å². The molecule has 6 heteroatoms. The SMILES string of the molecule is COc1cc(C(=O)N2C[C@H]3COCC[C@@]3(C(=O)O)C2)ccc1C. The zero-order valence-corrected chi connectivity index (χ0v) is 13.4. The van der Waals surface area contributed by atoms with E-state index < -0.39 is 11.4 Å². The number of methoxy groups -OCH3 is 1. The van der Waals surface area contributed by atoms with Gasteiger partial charge in [-0.05, 0) is 31.0 Å². The number of carboxylic acid groups (broad SMARTS) is 1. The van der Waals surface area contributed by atoms with Crippen LogP contribution >= 0.6 is 0 Å². The first-order valence-electron chi connectivity index (χ1n) is 7.73. The van der Waals surface area contributed by atoms with Crippen LogP contribution in [-0.4, -0.2) is 55.3 Å². The third-order valence-electron chi connectivity index (χ3n) is 5.07. The van der Waals surface area contributed by atoms with Crippen LogP contribution in [0.25, 0.3) is 0 Å². The standard InChI is InChI=1S/C17H21NO5/c1-11-3-4-12(7-14(11)22-2)15(19)18-8-13-9-23-6-5-17(13,10-18)16(20)21/h3-4,7,13H,5-6,8-10H2,1-2H3,(H,20,21)/t13-,17+/m0/s1. The van der Waals surface area contributed by atoms with Crippen molar-refractivity contribution in [2.45, 2.75) is 13.3 Å². The number of fused-ring (bicyclic) bond motifs is 1. The fourth-order valence-electron chi connectivity index (χ4n) is 3.59. The molecule has 0 aromatic heterocycles. The third kappa shape index (κ3) is 2.57. The van der Waals surface area contributed by atoms with Gasteiger partial charge in [-0.15, -0.1) is 0 Å². The Bertz CT molecular complexity index is 644. The molecule has 6 nitrogen and oxygen atoms in total. The number of aryl methyl sites for hydroxylation is 1. The molecule has 23 heavy (non-hydrogen) atoms. The summed E-state index contributed by atoms with van der Waals surface area (Å²) < 4.78 is 10.7. The molecule has 1 N–H and O–H groups in total. The predicted molar refractivity (Wildman–Crippen MR) is 82.6 cm³/mol. The van der Waals surface area contributed by atoms with Gasteiger partial charge in [-0.3, -0.25) is 9.59 Å². The van der Waals surface area contributed by atoms with Crippen molar-refractivity contribution in [3.05, 3.63) is 29.3 Å². The topological polar surface area (TPSA) is 76.1 Å². The molecule has 2 atom stereocenters. The van der Waals surface area contributed by atoms with E-state index >= 15 is 0 Å². The summed E-state index contributed by atoms with van der Waals surface area (Å²) >= 11 is 0. The summed E-state index contributed by atoms with van der Waals surface area (Å²) in [5.41, 5.74) is 0.602. The molecule has 0 radical (unpaired) electrons. The quantitative estimate of drug-likeness (QED) is 0.915. The number of hydrogen-bond donors (Lipinski definition) is 1. The number of carbonyl (C=O) groups is 2. The molecule has 2 aliphatic rings. The Labute approximate surface area is 135 Å². The van der Waals surface area contributed by atoms with Crippen LogP contribution in [-0.2, 0) is 9.53 Å². The van der Waals surface area contributed by atoms with E-state index in [4.69, 9.17) is 9.47 Å². The third-order valence-corrected chi connectivity index (χ3v) is 5.07. The molecule has 2 fully saturated rings. The van der Waals surface area contributed by atoms with Crippen LogP contribution in [0.5, 0.6) is 5.75 Å². The average Bonchev–Trinajstić information content (AvgIpc) is 2.95. The molecule has 0 saturated carbocycles. The lowest BCUT2D eigenvalue weighted by Crippen LogP contribution is -2.45. The van der Waals surface area contributed by atoms with E-state index in [2.05, 4.69) is 0 Å². The highest BCUT2D eigenvalue weighted by Crippen LogP contribution is 2.43. The van der Waals surface area contributed by atoms with Gasteiger partial charge in [-0.1, -0.05) is 6.07 Å². The van der Waals surface area contributed by atoms with Gasteiger partial charge in [0.15, 0.2) is 0 Å². The normalized spacial score (nSPS) is 26.7. The number of aliphatic carboxylic acids is 1. The smallest absolute Gasteiger partial charge is 0.311 e. The molecule has 0 aliphatic carbocycles. The monoisotopic (exact) mass is 319 g/mol. The molecular weight excluding hydrogens is 298 g/mol. The Balaban J connectivity index is 1.85. The lowest BCUT2D eigenvalue weighted by molar-refractivity contribution is -0.157. The molecule has 1 amide bonds. The molecule has 2 saturated heterocycles. The number of likely N-dealkylation sites (tertiary alicyclic amines) is 1. The van der Waals surface area contributed by atoms with Crippen LogP contribution in [0.3, 0.4) is 0 Å². The fraction of sp³-hybridized carbons (Fsp3) is 0.529. The number of carbonyl (C=O) groups excluding carboxylic acids is 1. The van der Waals surface area contributed by atoms with Gasteiger partial charge in [-0.25, -0.2) is 0 Å². The number of rotatable bonds is 3. The lowest BCUT2D eigenvalue weighted by atomic mass is 9.74. The molecule has 0 unspecified atom stereocenters. The van der Waals surface area contributed by atoms with Crippen molar-refractivity contribution in [1.82, 2.24) is 4.90 Å². The van der Waals surface area contributed by atoms with Crippen LogP contribution in [0.15, 0.2) is 18.2 Å². The Morgan fingerprint density at radius 1 is 1.43 bits per heavy atom. The number of ether oxygens (including phenoxy) is 2. The second-order valence-electron chi connectivity index (χ2n) is 6.35. The second kappa shape index (κ2) is 5.85. The molecular formula is C17H21NO5. The van der Waals surface area contributed by atoms with Gasteiger partial charge >= 0.3 is 5.97 Å². The number of amides is 1. The second-order valence-corrected chi connectivity index (χ2v) is 6.35. The van der Waals surface area contributed by atoms with Gasteiger partial charge in [0.2, 0.25) is 0 Å². The lowest BCUT2D eigenvalue weighted by Gasteiger charge is -2.33. The number of hydrogen-bond acceptors (Lipinski definition) is 4. The van der Waals surface area contributed by atoms with Crippen LogP contribution in [0.4, 0.5) is 0 Å². The van der Waals surface area contributed by atoms with Gasteiger partial charge in [-0.2, -0.15) is 0 Å². The first-order chi connectivity index (χ1) is 11.0. The minimum Gasteiger partial charge on any atom is -0.496 e. The first kappa shape index (κ1) is 15.8. The summed E-state index contributed by atoms with van der Waals surface area (Å²) in [5.74, 6) is -0.477. The molecule has 0 bridgehead atoms. The van der Waals surface area contributed by atoms with Gasteiger partial charge in [0.25, 0.3) is 5.91 Å². The summed E-state index contributed by atoms with van der Waals surface area (Å²) in [5, 5.41) is 9.67. The summed E-state index contributed by atoms with van der Waals surface area (Å²) in [4.78, 5) is 26.2. The zero-order chi connectivity index (χ0) is 16.6. The van der Waals surface area contributed by atoms with Crippen molar-refractivity contribution in [1.29, 1.82) is 0 Å². The van der Waals surface area contributed by atoms with E-state index in [1.54, 1.807) is 24.1 Å². The van der Waals surface area contributed by atoms with Crippen molar-refractivity contribution < 1.29 is 24.2 Å². The summed E-state index contributed by atoms with van der Waals surface area (Å²) in [6, 6.07) is 5.31. The first-order valence-corrected chi connectivity index (χ1v) is 7.73. The van der Waals surface area contributed by atoms with Gasteiger partial charge in [0.05, 0.1) is 19.1 Å². The number of nitrogens with zero attached hydrogens (tertiary/aromatic N) is 1. The summed E-state index contributed by atoms with van der Waals surface area (Å²) in [6.45, 7) is 3.40. The minimum atomic E-state index is -0.872. The highest BCUT2D eigenvalue weighted by Gasteiger charge is 2.54. The fourth-order valence-corrected chi connectivity index (χ4v) is 3.59. The average molecular weight is 319 g/mol. The zero-order valence-electron chi connectivity index (χ0n) is 13.4. The van der Waals surface area contributed by atoms with Crippen molar-refractivity contribution in [3.63, 3.8) is 0 Å². The molecule has 3 rings (SSSR count). The molecule has 2 aliphatic heterocycles. The van der Waals surface area contributed by atoms with Crippen LogP contribution < -0.4 is 4.74 Å². The summed E-state index contributed by atoms with van der Waals surface area (Å²) in [7, 11) is 1.57. The summed E-state index contributed by atoms with van der Waals surface area (Å²) in [6.07, 6.45) is 0.452. The molecule has 2 heterocycles. The van der Waals surface area contributed by atoms with Crippen LogP contribution in [0.1, 0.15) is 22.3 Å². The molecule has 1 aromatic carbocycles. The van der Waals surface area contributed by atoms with Crippen molar-refractivity contribution >= 4 is 11.9 Å². The molecule has 124 valence electrons. The largest absolute Gasteiger partial charge is 0.496 e. The van der Waals surface area contributed by atoms with Crippen LogP contribution in [0.2, 0.25) is 0 Å². The van der Waals surface area contributed by atoms with E-state index in [1.807, 2.05) is 13.0 Å². The van der Waals surface area contributed by atoms with Gasteiger partial charge in [0.1, 0.15) is 5.75 Å². The van der Waals surface area contributed by atoms with E-state index in [1.165, 1.54) is 0 Å². The highest BCUT2D eigenvalue weighted by molar-refractivity contribution is 5.95. The van der Waals surface area contributed by atoms with Gasteiger partial charge in [0, 0.05) is 31.2 Å². The Hall–Kier alpha value is -2.08. The van der Waals surface area contributed by atoms with Crippen molar-refractivity contribution in [3.8, 4) is 5.75 Å². The Morgan fingerprint density at radius 2 is 2.22 bits per heavy atom. The highest BCUT2D eigenvalue weighted by atomic mass is 16.5. The van der Waals surface area contributed by atoms with E-state index in [0.717, 1.165) is 5.56 Å². The van der Waals surface area contributed by atoms with Crippen molar-refractivity contribution in [2.24, 2.45) is 11.3 Å². The molecule has 0 spiro atoms. The predicted octanol–water partition coefficient (Wildman–Crippen LogP) is 1.57. The van der Waals surface area contributed by atoms with E-state index in [-0.39, 0.29) is 18.4 Å². The molecule has 1 aromatic rings. The van der Waals surface area contributed by atoms with Crippen molar-refractivity contribution in [2.75, 3.05) is 33.4 Å². The maximum atomic E-state index is 12.8. The maximum Gasteiger partial charge on any atom is 0.311 e. The number of benzene rings is 1. The maximum absolute atomic E-state index is 12.8. The van der Waals surface area contributed by atoms with E-state index in [0.29, 0.717) is 37.5 Å². The van der Waals surface area contributed by atoms with E-state index in [9.17, 15) is 14.7 Å².